The van der Waals surface area contributed by atoms with E-state index in [1.54, 1.807) is 23.1 Å². The molecule has 2 aliphatic heterocycles. The number of rotatable bonds is 2. The molecular weight excluding hydrogens is 369 g/mol. The number of nitrogens with zero attached hydrogens (tertiary/aromatic N) is 1. The van der Waals surface area contributed by atoms with Gasteiger partial charge in [-0.25, -0.2) is 0 Å². The van der Waals surface area contributed by atoms with Crippen molar-refractivity contribution in [2.75, 3.05) is 26.3 Å². The van der Waals surface area contributed by atoms with E-state index in [0.29, 0.717) is 58.3 Å². The van der Waals surface area contributed by atoms with Gasteiger partial charge in [0.05, 0.1) is 24.8 Å². The highest BCUT2D eigenvalue weighted by Crippen LogP contribution is 2.37. The highest BCUT2D eigenvalue weighted by Gasteiger charge is 2.35. The Morgan fingerprint density at radius 3 is 2.54 bits per heavy atom. The number of halogens is 2. The van der Waals surface area contributed by atoms with Gasteiger partial charge in [-0.1, -0.05) is 29.3 Å². The zero-order valence-corrected chi connectivity index (χ0v) is 15.4. The van der Waals surface area contributed by atoms with Gasteiger partial charge in [-0.15, -0.1) is 0 Å². The van der Waals surface area contributed by atoms with Crippen LogP contribution in [0.25, 0.3) is 0 Å². The maximum Gasteiger partial charge on any atom is 0.254 e. The van der Waals surface area contributed by atoms with Crippen LogP contribution >= 0.6 is 35.4 Å². The van der Waals surface area contributed by atoms with E-state index in [1.807, 2.05) is 6.92 Å². The minimum Gasteiger partial charge on any atom is -0.378 e. The topological polar surface area (TPSA) is 53.6 Å². The van der Waals surface area contributed by atoms with Gasteiger partial charge >= 0.3 is 0 Å². The van der Waals surface area contributed by atoms with E-state index < -0.39 is 6.04 Å². The molecule has 1 unspecified atom stereocenters. The van der Waals surface area contributed by atoms with Crippen LogP contribution in [0.2, 0.25) is 10.0 Å². The van der Waals surface area contributed by atoms with Crippen molar-refractivity contribution < 1.29 is 9.53 Å². The molecule has 0 bridgehead atoms. The van der Waals surface area contributed by atoms with E-state index in [0.717, 1.165) is 0 Å². The van der Waals surface area contributed by atoms with Gasteiger partial charge < -0.3 is 20.3 Å². The van der Waals surface area contributed by atoms with Crippen molar-refractivity contribution >= 4 is 46.4 Å². The molecular formula is C16H17Cl2N3O2S. The second-order valence-electron chi connectivity index (χ2n) is 5.61. The standard InChI is InChI=1S/C16H17Cl2N3O2S/c1-9-12(15(22)21-5-7-23-8-6-21)14(20-16(24)19-9)13-10(17)3-2-4-11(13)18/h2-4,14H,5-8H2,1H3,(H2,19,20,24). The number of morpholine rings is 1. The molecule has 0 aromatic heterocycles. The Morgan fingerprint density at radius 2 is 1.92 bits per heavy atom. The minimum atomic E-state index is -0.490. The number of thiocarbonyl (C=S) groups is 1. The highest BCUT2D eigenvalue weighted by molar-refractivity contribution is 7.80. The van der Waals surface area contributed by atoms with Crippen LogP contribution in [0.4, 0.5) is 0 Å². The largest absolute Gasteiger partial charge is 0.378 e. The first-order valence-electron chi connectivity index (χ1n) is 7.58. The third-order valence-electron chi connectivity index (χ3n) is 4.09. The molecule has 24 heavy (non-hydrogen) atoms. The zero-order chi connectivity index (χ0) is 17.3. The van der Waals surface area contributed by atoms with Gasteiger partial charge in [0.1, 0.15) is 0 Å². The molecule has 1 aromatic rings. The summed E-state index contributed by atoms with van der Waals surface area (Å²) in [6.07, 6.45) is 0. The summed E-state index contributed by atoms with van der Waals surface area (Å²) in [5.41, 5.74) is 1.93. The fourth-order valence-corrected chi connectivity index (χ4v) is 3.80. The number of amides is 1. The van der Waals surface area contributed by atoms with Gasteiger partial charge in [-0.3, -0.25) is 4.79 Å². The van der Waals surface area contributed by atoms with Crippen LogP contribution in [0, 0.1) is 0 Å². The monoisotopic (exact) mass is 385 g/mol. The molecule has 0 saturated carbocycles. The fourth-order valence-electron chi connectivity index (χ4n) is 2.92. The van der Waals surface area contributed by atoms with Crippen LogP contribution in [0.3, 0.4) is 0 Å². The van der Waals surface area contributed by atoms with E-state index in [4.69, 9.17) is 40.2 Å². The number of carbonyl (C=O) groups is 1. The van der Waals surface area contributed by atoms with Crippen molar-refractivity contribution in [3.63, 3.8) is 0 Å². The minimum absolute atomic E-state index is 0.0701. The smallest absolute Gasteiger partial charge is 0.254 e. The molecule has 2 heterocycles. The molecule has 1 amide bonds. The molecule has 1 fully saturated rings. The fraction of sp³-hybridized carbons (Fsp3) is 0.375. The summed E-state index contributed by atoms with van der Waals surface area (Å²) < 4.78 is 5.33. The molecule has 0 aliphatic carbocycles. The lowest BCUT2D eigenvalue weighted by atomic mass is 9.94. The SMILES string of the molecule is CC1=C(C(=O)N2CCOCC2)C(c2c(Cl)cccc2Cl)NC(=S)N1. The molecule has 8 heteroatoms. The lowest BCUT2D eigenvalue weighted by Crippen LogP contribution is -2.49. The summed E-state index contributed by atoms with van der Waals surface area (Å²) in [7, 11) is 0. The average Bonchev–Trinajstić information content (AvgIpc) is 2.54. The van der Waals surface area contributed by atoms with Gasteiger partial charge in [0.2, 0.25) is 0 Å². The first kappa shape index (κ1) is 17.5. The van der Waals surface area contributed by atoms with Crippen LogP contribution in [-0.2, 0) is 9.53 Å². The molecule has 1 saturated heterocycles. The summed E-state index contributed by atoms with van der Waals surface area (Å²) >= 11 is 18.0. The van der Waals surface area contributed by atoms with Crippen molar-refractivity contribution in [3.8, 4) is 0 Å². The number of hydrogen-bond donors (Lipinski definition) is 2. The molecule has 2 aliphatic rings. The summed E-state index contributed by atoms with van der Waals surface area (Å²) in [6.45, 7) is 4.02. The number of hydrogen-bond acceptors (Lipinski definition) is 3. The van der Waals surface area contributed by atoms with Crippen LogP contribution in [-0.4, -0.2) is 42.2 Å². The van der Waals surface area contributed by atoms with Crippen LogP contribution < -0.4 is 10.6 Å². The summed E-state index contributed by atoms with van der Waals surface area (Å²) in [4.78, 5) is 14.9. The first-order valence-corrected chi connectivity index (χ1v) is 8.74. The number of allylic oxidation sites excluding steroid dienone is 1. The maximum absolute atomic E-state index is 13.1. The van der Waals surface area contributed by atoms with Gasteiger partial charge in [0.15, 0.2) is 5.11 Å². The summed E-state index contributed by atoms with van der Waals surface area (Å²) in [5.74, 6) is -0.0701. The molecule has 3 rings (SSSR count). The second kappa shape index (κ2) is 7.27. The zero-order valence-electron chi connectivity index (χ0n) is 13.1. The molecule has 0 radical (unpaired) electrons. The molecule has 1 atom stereocenters. The van der Waals surface area contributed by atoms with E-state index in [9.17, 15) is 4.79 Å². The van der Waals surface area contributed by atoms with Crippen molar-refractivity contribution in [2.24, 2.45) is 0 Å². The number of ether oxygens (including phenoxy) is 1. The maximum atomic E-state index is 13.1. The van der Waals surface area contributed by atoms with E-state index >= 15 is 0 Å². The Hall–Kier alpha value is -1.34. The number of carbonyl (C=O) groups excluding carboxylic acids is 1. The van der Waals surface area contributed by atoms with Gasteiger partial charge in [-0.05, 0) is 31.3 Å². The third-order valence-corrected chi connectivity index (χ3v) is 4.97. The molecule has 5 nitrogen and oxygen atoms in total. The summed E-state index contributed by atoms with van der Waals surface area (Å²) in [6, 6.07) is 4.78. The lowest BCUT2D eigenvalue weighted by Gasteiger charge is -2.35. The predicted molar refractivity (Wildman–Crippen MR) is 98.2 cm³/mol. The average molecular weight is 386 g/mol. The van der Waals surface area contributed by atoms with Crippen LogP contribution in [0.15, 0.2) is 29.5 Å². The first-order chi connectivity index (χ1) is 11.5. The van der Waals surface area contributed by atoms with Gasteiger partial charge in [-0.2, -0.15) is 0 Å². The predicted octanol–water partition coefficient (Wildman–Crippen LogP) is 2.64. The molecule has 0 spiro atoms. The van der Waals surface area contributed by atoms with Gasteiger partial charge in [0, 0.05) is 34.4 Å². The molecule has 1 aromatic carbocycles. The normalized spacial score (nSPS) is 21.4. The van der Waals surface area contributed by atoms with Crippen molar-refractivity contribution in [3.05, 3.63) is 45.1 Å². The van der Waals surface area contributed by atoms with E-state index in [-0.39, 0.29) is 5.91 Å². The Morgan fingerprint density at radius 1 is 1.29 bits per heavy atom. The van der Waals surface area contributed by atoms with Crippen molar-refractivity contribution in [2.45, 2.75) is 13.0 Å². The van der Waals surface area contributed by atoms with E-state index in [2.05, 4.69) is 10.6 Å². The van der Waals surface area contributed by atoms with Gasteiger partial charge in [0.25, 0.3) is 5.91 Å². The van der Waals surface area contributed by atoms with Crippen LogP contribution in [0.1, 0.15) is 18.5 Å². The Bertz CT molecular complexity index is 697. The van der Waals surface area contributed by atoms with Crippen molar-refractivity contribution in [1.29, 1.82) is 0 Å². The third kappa shape index (κ3) is 3.37. The Labute approximate surface area is 155 Å². The number of nitrogens with one attached hydrogen (secondary N) is 2. The van der Waals surface area contributed by atoms with Crippen LogP contribution in [0.5, 0.6) is 0 Å². The number of benzene rings is 1. The highest BCUT2D eigenvalue weighted by atomic mass is 35.5. The molecule has 2 N–H and O–H groups in total. The lowest BCUT2D eigenvalue weighted by molar-refractivity contribution is -0.131. The second-order valence-corrected chi connectivity index (χ2v) is 6.83. The Balaban J connectivity index is 2.04. The summed E-state index contributed by atoms with van der Waals surface area (Å²) in [5, 5.41) is 7.57. The quantitative estimate of drug-likeness (QED) is 0.766. The molecule has 128 valence electrons. The van der Waals surface area contributed by atoms with E-state index in [1.165, 1.54) is 0 Å². The Kier molecular flexibility index (Phi) is 5.30. The van der Waals surface area contributed by atoms with Crippen molar-refractivity contribution in [1.82, 2.24) is 15.5 Å².